The van der Waals surface area contributed by atoms with Gasteiger partial charge in [-0.05, 0) is 57.1 Å². The maximum absolute atomic E-state index is 3.62. The lowest BCUT2D eigenvalue weighted by molar-refractivity contribution is 0.446. The smallest absolute Gasteiger partial charge is 0.00388 e. The maximum atomic E-state index is 3.62. The quantitative estimate of drug-likeness (QED) is 0.637. The minimum absolute atomic E-state index is 0.670. The van der Waals surface area contributed by atoms with Crippen molar-refractivity contribution in [1.82, 2.24) is 5.32 Å². The highest BCUT2D eigenvalue weighted by atomic mass is 14.9. The second-order valence-corrected chi connectivity index (χ2v) is 5.77. The summed E-state index contributed by atoms with van der Waals surface area (Å²) in [7, 11) is 0. The lowest BCUT2D eigenvalue weighted by atomic mass is 10.0. The SMILES string of the molecule is CC(C)CCC(C)NCCCCc1ccccc1. The highest BCUT2D eigenvalue weighted by Crippen LogP contribution is 2.07. The molecule has 1 heteroatoms. The Labute approximate surface area is 113 Å². The van der Waals surface area contributed by atoms with Crippen LogP contribution in [0.3, 0.4) is 0 Å². The summed E-state index contributed by atoms with van der Waals surface area (Å²) in [6.07, 6.45) is 6.41. The van der Waals surface area contributed by atoms with Crippen LogP contribution in [0, 0.1) is 5.92 Å². The fraction of sp³-hybridized carbons (Fsp3) is 0.647. The third-order valence-corrected chi connectivity index (χ3v) is 3.40. The Bertz CT molecular complexity index is 292. The van der Waals surface area contributed by atoms with Crippen LogP contribution in [0.5, 0.6) is 0 Å². The number of hydrogen-bond donors (Lipinski definition) is 1. The zero-order valence-electron chi connectivity index (χ0n) is 12.3. The summed E-state index contributed by atoms with van der Waals surface area (Å²) in [5, 5.41) is 3.62. The van der Waals surface area contributed by atoms with Crippen LogP contribution in [0.2, 0.25) is 0 Å². The van der Waals surface area contributed by atoms with Crippen LogP contribution >= 0.6 is 0 Å². The van der Waals surface area contributed by atoms with Crippen molar-refractivity contribution in [1.29, 1.82) is 0 Å². The molecule has 0 heterocycles. The van der Waals surface area contributed by atoms with Gasteiger partial charge in [-0.2, -0.15) is 0 Å². The molecular weight excluding hydrogens is 218 g/mol. The summed E-state index contributed by atoms with van der Waals surface area (Å²) in [4.78, 5) is 0. The van der Waals surface area contributed by atoms with E-state index in [1.165, 1.54) is 37.7 Å². The van der Waals surface area contributed by atoms with Gasteiger partial charge < -0.3 is 5.32 Å². The van der Waals surface area contributed by atoms with Gasteiger partial charge in [-0.1, -0.05) is 44.2 Å². The number of unbranched alkanes of at least 4 members (excludes halogenated alkanes) is 1. The molecule has 18 heavy (non-hydrogen) atoms. The van der Waals surface area contributed by atoms with E-state index in [0.29, 0.717) is 6.04 Å². The maximum Gasteiger partial charge on any atom is 0.00388 e. The molecule has 1 nitrogen and oxygen atoms in total. The largest absolute Gasteiger partial charge is 0.314 e. The summed E-state index contributed by atoms with van der Waals surface area (Å²) < 4.78 is 0. The van der Waals surface area contributed by atoms with E-state index in [1.54, 1.807) is 0 Å². The average molecular weight is 247 g/mol. The molecule has 1 aromatic rings. The Morgan fingerprint density at radius 3 is 2.33 bits per heavy atom. The Morgan fingerprint density at radius 2 is 1.67 bits per heavy atom. The van der Waals surface area contributed by atoms with Crippen LogP contribution in [0.1, 0.15) is 52.0 Å². The van der Waals surface area contributed by atoms with Crippen LogP contribution < -0.4 is 5.32 Å². The molecule has 1 aromatic carbocycles. The van der Waals surface area contributed by atoms with Gasteiger partial charge in [0.15, 0.2) is 0 Å². The van der Waals surface area contributed by atoms with Crippen molar-refractivity contribution >= 4 is 0 Å². The van der Waals surface area contributed by atoms with Crippen LogP contribution in [0.4, 0.5) is 0 Å². The van der Waals surface area contributed by atoms with Crippen molar-refractivity contribution < 1.29 is 0 Å². The lowest BCUT2D eigenvalue weighted by Gasteiger charge is -2.14. The first kappa shape index (κ1) is 15.2. The van der Waals surface area contributed by atoms with E-state index in [0.717, 1.165) is 12.5 Å². The number of benzene rings is 1. The van der Waals surface area contributed by atoms with Crippen molar-refractivity contribution in [3.05, 3.63) is 35.9 Å². The van der Waals surface area contributed by atoms with E-state index in [-0.39, 0.29) is 0 Å². The lowest BCUT2D eigenvalue weighted by Crippen LogP contribution is -2.27. The monoisotopic (exact) mass is 247 g/mol. The molecule has 0 aliphatic heterocycles. The van der Waals surface area contributed by atoms with E-state index in [4.69, 9.17) is 0 Å². The Kier molecular flexibility index (Phi) is 7.75. The second-order valence-electron chi connectivity index (χ2n) is 5.77. The summed E-state index contributed by atoms with van der Waals surface area (Å²) >= 11 is 0. The fourth-order valence-electron chi connectivity index (χ4n) is 2.13. The third-order valence-electron chi connectivity index (χ3n) is 3.40. The molecular formula is C17H29N. The van der Waals surface area contributed by atoms with Crippen LogP contribution in [0.25, 0.3) is 0 Å². The molecule has 0 bridgehead atoms. The molecule has 102 valence electrons. The molecule has 0 aromatic heterocycles. The van der Waals surface area contributed by atoms with Gasteiger partial charge in [-0.3, -0.25) is 0 Å². The van der Waals surface area contributed by atoms with Gasteiger partial charge in [0.25, 0.3) is 0 Å². The van der Waals surface area contributed by atoms with Gasteiger partial charge in [-0.15, -0.1) is 0 Å². The van der Waals surface area contributed by atoms with Crippen molar-refractivity contribution in [2.45, 2.75) is 58.9 Å². The van der Waals surface area contributed by atoms with E-state index in [1.807, 2.05) is 0 Å². The molecule has 0 aliphatic rings. The number of nitrogens with one attached hydrogen (secondary N) is 1. The highest BCUT2D eigenvalue weighted by molar-refractivity contribution is 5.14. The molecule has 0 saturated heterocycles. The molecule has 1 rings (SSSR count). The number of aryl methyl sites for hydroxylation is 1. The summed E-state index contributed by atoms with van der Waals surface area (Å²) in [5.41, 5.74) is 1.46. The highest BCUT2D eigenvalue weighted by Gasteiger charge is 2.02. The first-order chi connectivity index (χ1) is 8.68. The van der Waals surface area contributed by atoms with Gasteiger partial charge in [0.05, 0.1) is 0 Å². The van der Waals surface area contributed by atoms with Gasteiger partial charge in [-0.25, -0.2) is 0 Å². The molecule has 1 N–H and O–H groups in total. The molecule has 0 fully saturated rings. The third kappa shape index (κ3) is 7.50. The average Bonchev–Trinajstić information content (AvgIpc) is 2.37. The molecule has 0 radical (unpaired) electrons. The molecule has 1 atom stereocenters. The first-order valence-electron chi connectivity index (χ1n) is 7.46. The second kappa shape index (κ2) is 9.16. The van der Waals surface area contributed by atoms with Gasteiger partial charge in [0.2, 0.25) is 0 Å². The minimum atomic E-state index is 0.670. The zero-order chi connectivity index (χ0) is 13.2. The van der Waals surface area contributed by atoms with Crippen molar-refractivity contribution in [3.8, 4) is 0 Å². The van der Waals surface area contributed by atoms with Gasteiger partial charge in [0.1, 0.15) is 0 Å². The standard InChI is InChI=1S/C17H29N/c1-15(2)12-13-16(3)18-14-8-7-11-17-9-5-4-6-10-17/h4-6,9-10,15-16,18H,7-8,11-14H2,1-3H3. The van der Waals surface area contributed by atoms with Crippen molar-refractivity contribution in [2.75, 3.05) is 6.54 Å². The topological polar surface area (TPSA) is 12.0 Å². The molecule has 0 spiro atoms. The molecule has 1 unspecified atom stereocenters. The number of hydrogen-bond acceptors (Lipinski definition) is 1. The normalized spacial score (nSPS) is 12.9. The predicted molar refractivity (Wildman–Crippen MR) is 80.9 cm³/mol. The minimum Gasteiger partial charge on any atom is -0.314 e. The Morgan fingerprint density at radius 1 is 0.944 bits per heavy atom. The van der Waals surface area contributed by atoms with Crippen molar-refractivity contribution in [2.24, 2.45) is 5.92 Å². The van der Waals surface area contributed by atoms with Crippen LogP contribution in [-0.2, 0) is 6.42 Å². The van der Waals surface area contributed by atoms with E-state index in [9.17, 15) is 0 Å². The predicted octanol–water partition coefficient (Wildman–Crippen LogP) is 4.42. The summed E-state index contributed by atoms with van der Waals surface area (Å²) in [5.74, 6) is 0.826. The Balaban J connectivity index is 1.98. The van der Waals surface area contributed by atoms with Gasteiger partial charge >= 0.3 is 0 Å². The first-order valence-corrected chi connectivity index (χ1v) is 7.46. The van der Waals surface area contributed by atoms with Crippen LogP contribution in [0.15, 0.2) is 30.3 Å². The number of rotatable bonds is 9. The van der Waals surface area contributed by atoms with E-state index >= 15 is 0 Å². The summed E-state index contributed by atoms with van der Waals surface area (Å²) in [6.45, 7) is 8.06. The fourth-order valence-corrected chi connectivity index (χ4v) is 2.13. The summed E-state index contributed by atoms with van der Waals surface area (Å²) in [6, 6.07) is 11.5. The van der Waals surface area contributed by atoms with Gasteiger partial charge in [0, 0.05) is 6.04 Å². The molecule has 0 amide bonds. The van der Waals surface area contributed by atoms with Crippen LogP contribution in [-0.4, -0.2) is 12.6 Å². The molecule has 0 saturated carbocycles. The Hall–Kier alpha value is -0.820. The van der Waals surface area contributed by atoms with E-state index in [2.05, 4.69) is 56.4 Å². The van der Waals surface area contributed by atoms with E-state index < -0.39 is 0 Å². The van der Waals surface area contributed by atoms with Crippen molar-refractivity contribution in [3.63, 3.8) is 0 Å². The zero-order valence-corrected chi connectivity index (χ0v) is 12.3. The molecule has 0 aliphatic carbocycles.